The molecular formula is C12H10FN3O. The van der Waals surface area contributed by atoms with Crippen LogP contribution in [0, 0.1) is 5.82 Å². The molecule has 1 heterocycles. The number of nitrogens with one attached hydrogen (secondary N) is 1. The summed E-state index contributed by atoms with van der Waals surface area (Å²) < 4.78 is 13.4. The lowest BCUT2D eigenvalue weighted by Gasteiger charge is -2.05. The number of carbonyl (C=O) groups is 1. The van der Waals surface area contributed by atoms with Gasteiger partial charge in [-0.3, -0.25) is 4.79 Å². The summed E-state index contributed by atoms with van der Waals surface area (Å²) in [5.41, 5.74) is 5.73. The van der Waals surface area contributed by atoms with Gasteiger partial charge in [0.25, 0.3) is 5.91 Å². The van der Waals surface area contributed by atoms with Crippen LogP contribution in [0.3, 0.4) is 0 Å². The Kier molecular flexibility index (Phi) is 3.00. The normalized spacial score (nSPS) is 9.94. The molecule has 2 rings (SSSR count). The molecule has 5 heteroatoms. The van der Waals surface area contributed by atoms with Gasteiger partial charge in [-0.1, -0.05) is 6.07 Å². The van der Waals surface area contributed by atoms with Crippen LogP contribution in [0.5, 0.6) is 0 Å². The Bertz CT molecular complexity index is 543. The molecule has 1 amide bonds. The lowest BCUT2D eigenvalue weighted by Crippen LogP contribution is -2.14. The van der Waals surface area contributed by atoms with Gasteiger partial charge < -0.3 is 11.1 Å². The van der Waals surface area contributed by atoms with E-state index in [4.69, 9.17) is 5.73 Å². The van der Waals surface area contributed by atoms with Crippen LogP contribution < -0.4 is 11.1 Å². The first-order chi connectivity index (χ1) is 8.16. The molecule has 0 atom stereocenters. The second-order valence-electron chi connectivity index (χ2n) is 3.41. The minimum Gasteiger partial charge on any atom is -0.399 e. The number of benzene rings is 1. The molecule has 3 N–H and O–H groups in total. The summed E-state index contributed by atoms with van der Waals surface area (Å²) in [7, 11) is 0. The molecule has 17 heavy (non-hydrogen) atoms. The molecule has 2 aromatic rings. The fourth-order valence-electron chi connectivity index (χ4n) is 1.34. The first-order valence-electron chi connectivity index (χ1n) is 4.94. The number of halogens is 1. The maximum absolute atomic E-state index is 13.4. The largest absolute Gasteiger partial charge is 0.399 e. The SMILES string of the molecule is Nc1ccc(F)c(C(=O)Nc2ccccn2)c1. The Balaban J connectivity index is 2.23. The number of nitrogens with zero attached hydrogens (tertiary/aromatic N) is 1. The van der Waals surface area contributed by atoms with Crippen molar-refractivity contribution in [3.63, 3.8) is 0 Å². The summed E-state index contributed by atoms with van der Waals surface area (Å²) in [5.74, 6) is -0.833. The number of nitrogen functional groups attached to an aromatic ring is 1. The number of hydrogen-bond donors (Lipinski definition) is 2. The van der Waals surface area contributed by atoms with Gasteiger partial charge in [-0.05, 0) is 30.3 Å². The summed E-state index contributed by atoms with van der Waals surface area (Å²) >= 11 is 0. The molecule has 0 aliphatic heterocycles. The van der Waals surface area contributed by atoms with E-state index in [1.807, 2.05) is 0 Å². The molecule has 1 aromatic carbocycles. The van der Waals surface area contributed by atoms with Gasteiger partial charge in [0.05, 0.1) is 5.56 Å². The molecule has 0 aliphatic carbocycles. The van der Waals surface area contributed by atoms with E-state index in [0.29, 0.717) is 11.5 Å². The van der Waals surface area contributed by atoms with E-state index in [1.165, 1.54) is 18.3 Å². The molecule has 0 radical (unpaired) electrons. The van der Waals surface area contributed by atoms with E-state index in [0.717, 1.165) is 6.07 Å². The van der Waals surface area contributed by atoms with E-state index in [2.05, 4.69) is 10.3 Å². The van der Waals surface area contributed by atoms with E-state index in [9.17, 15) is 9.18 Å². The highest BCUT2D eigenvalue weighted by Crippen LogP contribution is 2.13. The molecular weight excluding hydrogens is 221 g/mol. The average Bonchev–Trinajstić information content (AvgIpc) is 2.33. The maximum Gasteiger partial charge on any atom is 0.259 e. The third-order valence-electron chi connectivity index (χ3n) is 2.14. The lowest BCUT2D eigenvalue weighted by atomic mass is 10.2. The highest BCUT2D eigenvalue weighted by molar-refractivity contribution is 6.04. The topological polar surface area (TPSA) is 68.0 Å². The van der Waals surface area contributed by atoms with Crippen molar-refractivity contribution in [3.8, 4) is 0 Å². The van der Waals surface area contributed by atoms with Gasteiger partial charge >= 0.3 is 0 Å². The lowest BCUT2D eigenvalue weighted by molar-refractivity contribution is 0.102. The Morgan fingerprint density at radius 1 is 1.29 bits per heavy atom. The zero-order chi connectivity index (χ0) is 12.3. The van der Waals surface area contributed by atoms with Crippen molar-refractivity contribution in [2.45, 2.75) is 0 Å². The Morgan fingerprint density at radius 3 is 2.82 bits per heavy atom. The molecule has 0 aliphatic rings. The first-order valence-corrected chi connectivity index (χ1v) is 4.94. The molecule has 0 saturated heterocycles. The van der Waals surface area contributed by atoms with Gasteiger partial charge in [-0.25, -0.2) is 9.37 Å². The van der Waals surface area contributed by atoms with E-state index < -0.39 is 11.7 Å². The fourth-order valence-corrected chi connectivity index (χ4v) is 1.34. The second-order valence-corrected chi connectivity index (χ2v) is 3.41. The van der Waals surface area contributed by atoms with E-state index in [1.54, 1.807) is 18.2 Å². The van der Waals surface area contributed by atoms with Gasteiger partial charge in [0.1, 0.15) is 11.6 Å². The van der Waals surface area contributed by atoms with E-state index >= 15 is 0 Å². The van der Waals surface area contributed by atoms with E-state index in [-0.39, 0.29) is 5.56 Å². The number of carbonyl (C=O) groups excluding carboxylic acids is 1. The predicted molar refractivity (Wildman–Crippen MR) is 63.0 cm³/mol. The summed E-state index contributed by atoms with van der Waals surface area (Å²) in [6.07, 6.45) is 1.53. The summed E-state index contributed by atoms with van der Waals surface area (Å²) in [6.45, 7) is 0. The van der Waals surface area contributed by atoms with Crippen molar-refractivity contribution in [2.24, 2.45) is 0 Å². The number of anilines is 2. The second kappa shape index (κ2) is 4.61. The molecule has 1 aromatic heterocycles. The molecule has 4 nitrogen and oxygen atoms in total. The highest BCUT2D eigenvalue weighted by atomic mass is 19.1. The number of hydrogen-bond acceptors (Lipinski definition) is 3. The van der Waals surface area contributed by atoms with Crippen molar-refractivity contribution in [2.75, 3.05) is 11.1 Å². The molecule has 0 fully saturated rings. The van der Waals surface area contributed by atoms with Crippen LogP contribution in [0.2, 0.25) is 0 Å². The molecule has 0 saturated carbocycles. The van der Waals surface area contributed by atoms with Gasteiger partial charge in [0.15, 0.2) is 0 Å². The number of amides is 1. The van der Waals surface area contributed by atoms with Crippen molar-refractivity contribution < 1.29 is 9.18 Å². The number of aromatic nitrogens is 1. The van der Waals surface area contributed by atoms with Crippen LogP contribution in [-0.2, 0) is 0 Å². The summed E-state index contributed by atoms with van der Waals surface area (Å²) in [6, 6.07) is 8.89. The summed E-state index contributed by atoms with van der Waals surface area (Å²) in [4.78, 5) is 15.7. The fraction of sp³-hybridized carbons (Fsp3) is 0. The van der Waals surface area contributed by atoms with Gasteiger partial charge in [-0.2, -0.15) is 0 Å². The molecule has 0 spiro atoms. The van der Waals surface area contributed by atoms with Crippen LogP contribution in [-0.4, -0.2) is 10.9 Å². The Labute approximate surface area is 97.3 Å². The van der Waals surface area contributed by atoms with Crippen molar-refractivity contribution >= 4 is 17.4 Å². The van der Waals surface area contributed by atoms with Crippen molar-refractivity contribution in [1.29, 1.82) is 0 Å². The van der Waals surface area contributed by atoms with Crippen molar-refractivity contribution in [1.82, 2.24) is 4.98 Å². The smallest absolute Gasteiger partial charge is 0.259 e. The predicted octanol–water partition coefficient (Wildman–Crippen LogP) is 2.06. The monoisotopic (exact) mass is 231 g/mol. The summed E-state index contributed by atoms with van der Waals surface area (Å²) in [5, 5.41) is 2.48. The number of nitrogens with two attached hydrogens (primary N) is 1. The molecule has 86 valence electrons. The molecule has 0 bridgehead atoms. The minimum atomic E-state index is -0.618. The van der Waals surface area contributed by atoms with Crippen LogP contribution in [0.15, 0.2) is 42.6 Å². The van der Waals surface area contributed by atoms with Crippen LogP contribution in [0.1, 0.15) is 10.4 Å². The zero-order valence-corrected chi connectivity index (χ0v) is 8.85. The quantitative estimate of drug-likeness (QED) is 0.777. The van der Waals surface area contributed by atoms with Crippen LogP contribution >= 0.6 is 0 Å². The third-order valence-corrected chi connectivity index (χ3v) is 2.14. The van der Waals surface area contributed by atoms with Gasteiger partial charge in [-0.15, -0.1) is 0 Å². The number of pyridine rings is 1. The number of rotatable bonds is 2. The van der Waals surface area contributed by atoms with Crippen LogP contribution in [0.4, 0.5) is 15.9 Å². The zero-order valence-electron chi connectivity index (χ0n) is 8.85. The Morgan fingerprint density at radius 2 is 2.12 bits per heavy atom. The standard InChI is InChI=1S/C12H10FN3O/c13-10-5-4-8(14)7-9(10)12(17)16-11-3-1-2-6-15-11/h1-7H,14H2,(H,15,16,17). The Hall–Kier alpha value is -2.43. The molecule has 0 unspecified atom stereocenters. The first kappa shape index (κ1) is 11.1. The minimum absolute atomic E-state index is 0.101. The van der Waals surface area contributed by atoms with Gasteiger partial charge in [0, 0.05) is 11.9 Å². The maximum atomic E-state index is 13.4. The van der Waals surface area contributed by atoms with Crippen LogP contribution in [0.25, 0.3) is 0 Å². The third kappa shape index (κ3) is 2.57. The van der Waals surface area contributed by atoms with Gasteiger partial charge in [0.2, 0.25) is 0 Å². The van der Waals surface area contributed by atoms with Crippen molar-refractivity contribution in [3.05, 3.63) is 54.0 Å². The highest BCUT2D eigenvalue weighted by Gasteiger charge is 2.12. The average molecular weight is 231 g/mol.